The topological polar surface area (TPSA) is 40.6 Å². The fourth-order valence-electron chi connectivity index (χ4n) is 2.68. The largest absolute Gasteiger partial charge is 0.329 e. The lowest BCUT2D eigenvalue weighted by Crippen LogP contribution is -2.58. The Balaban J connectivity index is 2.15. The van der Waals surface area contributed by atoms with Crippen LogP contribution in [0.2, 0.25) is 5.02 Å². The highest BCUT2D eigenvalue weighted by atomic mass is 35.5. The summed E-state index contributed by atoms with van der Waals surface area (Å²) in [6.07, 6.45) is 0.396. The highest BCUT2D eigenvalue weighted by molar-refractivity contribution is 6.31. The molecule has 0 N–H and O–H groups in total. The number of hydrogen-bond donors (Lipinski definition) is 0. The normalized spacial score (nSPS) is 19.2. The Bertz CT molecular complexity index is 628. The number of carbonyl (C=O) groups is 2. The van der Waals surface area contributed by atoms with E-state index in [0.29, 0.717) is 25.2 Å². The van der Waals surface area contributed by atoms with Crippen molar-refractivity contribution in [3.8, 4) is 0 Å². The molecule has 2 amide bonds. The molecule has 1 aromatic carbocycles. The molecule has 6 heteroatoms. The Labute approximate surface area is 141 Å². The first-order chi connectivity index (χ1) is 10.6. The van der Waals surface area contributed by atoms with Gasteiger partial charge in [-0.05, 0) is 30.5 Å². The summed E-state index contributed by atoms with van der Waals surface area (Å²) in [7, 11) is 0. The van der Waals surface area contributed by atoms with Crippen LogP contribution >= 0.6 is 11.6 Å². The van der Waals surface area contributed by atoms with Crippen LogP contribution < -0.4 is 4.90 Å². The maximum absolute atomic E-state index is 13.3. The number of hydrogen-bond acceptors (Lipinski definition) is 2. The van der Waals surface area contributed by atoms with Gasteiger partial charge in [-0.2, -0.15) is 0 Å². The molecule has 1 fully saturated rings. The molecule has 1 heterocycles. The van der Waals surface area contributed by atoms with Gasteiger partial charge in [0.25, 0.3) is 0 Å². The number of benzene rings is 1. The van der Waals surface area contributed by atoms with Crippen molar-refractivity contribution in [2.24, 2.45) is 5.41 Å². The van der Waals surface area contributed by atoms with Gasteiger partial charge >= 0.3 is 0 Å². The maximum Gasteiger partial charge on any atom is 0.249 e. The van der Waals surface area contributed by atoms with Gasteiger partial charge in [0.1, 0.15) is 11.9 Å². The first-order valence-electron chi connectivity index (χ1n) is 7.66. The number of halogens is 2. The molecule has 0 aromatic heterocycles. The van der Waals surface area contributed by atoms with Crippen molar-refractivity contribution in [3.63, 3.8) is 0 Å². The van der Waals surface area contributed by atoms with Gasteiger partial charge in [-0.15, -0.1) is 0 Å². The highest BCUT2D eigenvalue weighted by Gasteiger charge is 2.36. The van der Waals surface area contributed by atoms with E-state index in [0.717, 1.165) is 0 Å². The minimum Gasteiger partial charge on any atom is -0.329 e. The second-order valence-electron chi connectivity index (χ2n) is 7.09. The third-order valence-corrected chi connectivity index (χ3v) is 4.16. The van der Waals surface area contributed by atoms with E-state index in [1.165, 1.54) is 18.2 Å². The number of rotatable bonds is 2. The summed E-state index contributed by atoms with van der Waals surface area (Å²) in [5, 5.41) is -0.0193. The number of amides is 2. The van der Waals surface area contributed by atoms with Crippen molar-refractivity contribution in [1.29, 1.82) is 0 Å². The smallest absolute Gasteiger partial charge is 0.249 e. The van der Waals surface area contributed by atoms with Crippen LogP contribution in [0.25, 0.3) is 0 Å². The summed E-state index contributed by atoms with van der Waals surface area (Å²) in [5.74, 6) is -0.716. The molecule has 4 nitrogen and oxygen atoms in total. The molecule has 2 rings (SSSR count). The summed E-state index contributed by atoms with van der Waals surface area (Å²) in [6, 6.07) is 3.67. The van der Waals surface area contributed by atoms with Crippen molar-refractivity contribution in [1.82, 2.24) is 4.90 Å². The fourth-order valence-corrected chi connectivity index (χ4v) is 2.85. The molecular weight excluding hydrogens is 319 g/mol. The summed E-state index contributed by atoms with van der Waals surface area (Å²) in [4.78, 5) is 28.2. The molecule has 1 aromatic rings. The maximum atomic E-state index is 13.3. The third-order valence-electron chi connectivity index (χ3n) is 3.87. The molecule has 1 atom stereocenters. The summed E-state index contributed by atoms with van der Waals surface area (Å²) in [5.41, 5.74) is 0.428. The molecule has 1 aliphatic heterocycles. The Morgan fingerprint density at radius 2 is 2.00 bits per heavy atom. The number of piperazine rings is 1. The average molecular weight is 341 g/mol. The molecule has 1 saturated heterocycles. The Hall–Kier alpha value is -1.62. The van der Waals surface area contributed by atoms with Crippen LogP contribution in [0, 0.1) is 11.2 Å². The van der Waals surface area contributed by atoms with Gasteiger partial charge in [0.15, 0.2) is 0 Å². The quantitative estimate of drug-likeness (QED) is 0.827. The minimum atomic E-state index is -0.539. The Morgan fingerprint density at radius 1 is 1.35 bits per heavy atom. The number of anilines is 1. The zero-order valence-corrected chi connectivity index (χ0v) is 14.7. The number of nitrogens with zero attached hydrogens (tertiary/aromatic N) is 2. The van der Waals surface area contributed by atoms with Gasteiger partial charge in [-0.3, -0.25) is 9.59 Å². The summed E-state index contributed by atoms with van der Waals surface area (Å²) >= 11 is 5.79. The lowest BCUT2D eigenvalue weighted by molar-refractivity contribution is -0.142. The van der Waals surface area contributed by atoms with Crippen molar-refractivity contribution >= 4 is 29.1 Å². The second kappa shape index (κ2) is 6.48. The van der Waals surface area contributed by atoms with Gasteiger partial charge in [0.2, 0.25) is 11.8 Å². The molecule has 1 unspecified atom stereocenters. The molecule has 126 valence electrons. The van der Waals surface area contributed by atoms with Crippen molar-refractivity contribution in [2.75, 3.05) is 18.0 Å². The number of carbonyl (C=O) groups excluding carboxylic acids is 2. The van der Waals surface area contributed by atoms with Gasteiger partial charge in [0, 0.05) is 25.2 Å². The van der Waals surface area contributed by atoms with Gasteiger partial charge in [-0.25, -0.2) is 4.39 Å². The van der Waals surface area contributed by atoms with Crippen molar-refractivity contribution < 1.29 is 14.0 Å². The van der Waals surface area contributed by atoms with Crippen LogP contribution in [0.15, 0.2) is 18.2 Å². The molecule has 0 aliphatic carbocycles. The van der Waals surface area contributed by atoms with Crippen LogP contribution in [0.5, 0.6) is 0 Å². The van der Waals surface area contributed by atoms with E-state index in [1.807, 2.05) is 20.8 Å². The SMILES string of the molecule is CC1C(=O)N(c2ccc(F)c(Cl)c2)CCN1C(=O)CC(C)(C)C. The van der Waals surface area contributed by atoms with E-state index in [4.69, 9.17) is 11.6 Å². The molecule has 1 aliphatic rings. The lowest BCUT2D eigenvalue weighted by Gasteiger charge is -2.40. The highest BCUT2D eigenvalue weighted by Crippen LogP contribution is 2.27. The van der Waals surface area contributed by atoms with Crippen LogP contribution in [0.1, 0.15) is 34.1 Å². The second-order valence-corrected chi connectivity index (χ2v) is 7.50. The van der Waals surface area contributed by atoms with E-state index < -0.39 is 11.9 Å². The molecular formula is C17H22ClFN2O2. The Morgan fingerprint density at radius 3 is 2.57 bits per heavy atom. The molecule has 0 bridgehead atoms. The van der Waals surface area contributed by atoms with Crippen molar-refractivity contribution in [3.05, 3.63) is 29.0 Å². The van der Waals surface area contributed by atoms with E-state index in [9.17, 15) is 14.0 Å². The molecule has 0 spiro atoms. The first kappa shape index (κ1) is 17.7. The first-order valence-corrected chi connectivity index (χ1v) is 8.04. The van der Waals surface area contributed by atoms with E-state index in [2.05, 4.69) is 0 Å². The monoisotopic (exact) mass is 340 g/mol. The van der Waals surface area contributed by atoms with E-state index >= 15 is 0 Å². The van der Waals surface area contributed by atoms with Gasteiger partial charge < -0.3 is 9.80 Å². The molecule has 23 heavy (non-hydrogen) atoms. The molecule has 0 saturated carbocycles. The zero-order valence-electron chi connectivity index (χ0n) is 13.9. The standard InChI is InChI=1S/C17H22ClFN2O2/c1-11-16(23)21(12-5-6-14(19)13(18)9-12)8-7-20(11)15(22)10-17(2,3)4/h5-6,9,11H,7-8,10H2,1-4H3. The Kier molecular flexibility index (Phi) is 4.99. The van der Waals surface area contributed by atoms with E-state index in [1.54, 1.807) is 16.7 Å². The summed E-state index contributed by atoms with van der Waals surface area (Å²) < 4.78 is 13.3. The predicted octanol–water partition coefficient (Wildman–Crippen LogP) is 3.48. The lowest BCUT2D eigenvalue weighted by atomic mass is 9.91. The minimum absolute atomic E-state index is 0.0184. The van der Waals surface area contributed by atoms with E-state index in [-0.39, 0.29) is 22.3 Å². The predicted molar refractivity (Wildman–Crippen MR) is 89.0 cm³/mol. The zero-order chi connectivity index (χ0) is 17.4. The van der Waals surface area contributed by atoms with Gasteiger partial charge in [0.05, 0.1) is 5.02 Å². The molecule has 0 radical (unpaired) electrons. The third kappa shape index (κ3) is 4.02. The van der Waals surface area contributed by atoms with Crippen LogP contribution in [0.3, 0.4) is 0 Å². The fraction of sp³-hybridized carbons (Fsp3) is 0.529. The van der Waals surface area contributed by atoms with Crippen LogP contribution in [0.4, 0.5) is 10.1 Å². The van der Waals surface area contributed by atoms with Crippen LogP contribution in [-0.2, 0) is 9.59 Å². The summed E-state index contributed by atoms with van der Waals surface area (Å²) in [6.45, 7) is 8.54. The van der Waals surface area contributed by atoms with Crippen LogP contribution in [-0.4, -0.2) is 35.8 Å². The van der Waals surface area contributed by atoms with Crippen molar-refractivity contribution in [2.45, 2.75) is 40.2 Å². The average Bonchev–Trinajstić information content (AvgIpc) is 2.43. The van der Waals surface area contributed by atoms with Gasteiger partial charge in [-0.1, -0.05) is 32.4 Å².